The molecule has 0 amide bonds. The maximum atomic E-state index is 12.5. The highest BCUT2D eigenvalue weighted by molar-refractivity contribution is 14.1. The van der Waals surface area contributed by atoms with Gasteiger partial charge < -0.3 is 9.84 Å². The van der Waals surface area contributed by atoms with Crippen LogP contribution in [0, 0.1) is 3.57 Å². The van der Waals surface area contributed by atoms with E-state index in [0.29, 0.717) is 6.07 Å². The number of hydrogen-bond donors (Lipinski definition) is 1. The second-order valence-corrected chi connectivity index (χ2v) is 4.18. The summed E-state index contributed by atoms with van der Waals surface area (Å²) in [5.74, 6) is -3.32. The molecule has 0 unspecified atom stereocenters. The summed E-state index contributed by atoms with van der Waals surface area (Å²) in [5.41, 5.74) is -3.22. The molecule has 0 aliphatic rings. The summed E-state index contributed by atoms with van der Waals surface area (Å²) in [7, 11) is 0. The van der Waals surface area contributed by atoms with Crippen molar-refractivity contribution in [2.24, 2.45) is 0 Å². The van der Waals surface area contributed by atoms with E-state index < -0.39 is 39.2 Å². The number of pyridine rings is 1. The van der Waals surface area contributed by atoms with Crippen LogP contribution in [-0.2, 0) is 6.18 Å². The van der Waals surface area contributed by atoms with Crippen molar-refractivity contribution in [3.63, 3.8) is 0 Å². The van der Waals surface area contributed by atoms with Gasteiger partial charge in [0.25, 0.3) is 0 Å². The van der Waals surface area contributed by atoms with E-state index in [1.54, 1.807) is 0 Å². The summed E-state index contributed by atoms with van der Waals surface area (Å²) in [6.07, 6.45) is -10.5. The van der Waals surface area contributed by atoms with Gasteiger partial charge in [0.05, 0.1) is 9.13 Å². The van der Waals surface area contributed by atoms with Gasteiger partial charge in [0.2, 0.25) is 5.88 Å². The van der Waals surface area contributed by atoms with E-state index in [0.717, 1.165) is 0 Å². The van der Waals surface area contributed by atoms with Crippen molar-refractivity contribution in [1.29, 1.82) is 0 Å². The summed E-state index contributed by atoms with van der Waals surface area (Å²) in [5, 5.41) is 8.57. The van der Waals surface area contributed by atoms with Gasteiger partial charge in [-0.05, 0) is 28.7 Å². The standard InChI is InChI=1S/C8H2F6INO3/c9-7(10,11)4-2(6(17)18)1-3(15)5(16-4)19-8(12,13)14/h1H,(H,17,18). The molecule has 0 atom stereocenters. The molecular formula is C8H2F6INO3. The highest BCUT2D eigenvalue weighted by atomic mass is 127. The molecule has 1 aromatic heterocycles. The zero-order chi connectivity index (χ0) is 15.0. The van der Waals surface area contributed by atoms with Crippen LogP contribution in [0.5, 0.6) is 5.88 Å². The number of carbonyl (C=O) groups is 1. The van der Waals surface area contributed by atoms with E-state index in [1.165, 1.54) is 22.6 Å². The maximum Gasteiger partial charge on any atom is 0.574 e. The number of halogens is 7. The normalized spacial score (nSPS) is 12.4. The quantitative estimate of drug-likeness (QED) is 0.611. The van der Waals surface area contributed by atoms with Crippen molar-refractivity contribution < 1.29 is 41.0 Å². The average Bonchev–Trinajstić information content (AvgIpc) is 2.16. The molecule has 1 N–H and O–H groups in total. The second-order valence-electron chi connectivity index (χ2n) is 3.02. The Bertz CT molecular complexity index is 512. The number of aromatic carboxylic acids is 1. The Morgan fingerprint density at radius 2 is 1.79 bits per heavy atom. The van der Waals surface area contributed by atoms with Gasteiger partial charge in [-0.1, -0.05) is 0 Å². The van der Waals surface area contributed by atoms with Gasteiger partial charge in [-0.15, -0.1) is 13.2 Å². The van der Waals surface area contributed by atoms with Crippen LogP contribution in [0.1, 0.15) is 16.1 Å². The predicted octanol–water partition coefficient (Wildman–Crippen LogP) is 3.30. The molecule has 1 rings (SSSR count). The summed E-state index contributed by atoms with van der Waals surface area (Å²) >= 11 is 1.19. The fraction of sp³-hybridized carbons (Fsp3) is 0.250. The van der Waals surface area contributed by atoms with Gasteiger partial charge in [-0.25, -0.2) is 9.78 Å². The second kappa shape index (κ2) is 5.02. The fourth-order valence-electron chi connectivity index (χ4n) is 1.03. The van der Waals surface area contributed by atoms with E-state index in [-0.39, 0.29) is 0 Å². The lowest BCUT2D eigenvalue weighted by Gasteiger charge is -2.14. The molecule has 0 fully saturated rings. The Morgan fingerprint density at radius 1 is 1.26 bits per heavy atom. The number of alkyl halides is 6. The molecule has 0 saturated heterocycles. The van der Waals surface area contributed by atoms with Crippen LogP contribution in [-0.4, -0.2) is 22.4 Å². The predicted molar refractivity (Wildman–Crippen MR) is 55.6 cm³/mol. The Hall–Kier alpha value is -1.27. The zero-order valence-electron chi connectivity index (χ0n) is 8.43. The van der Waals surface area contributed by atoms with Crippen LogP contribution in [0.4, 0.5) is 26.3 Å². The van der Waals surface area contributed by atoms with Crippen molar-refractivity contribution in [1.82, 2.24) is 4.98 Å². The minimum atomic E-state index is -5.24. The van der Waals surface area contributed by atoms with Crippen molar-refractivity contribution in [2.45, 2.75) is 12.5 Å². The van der Waals surface area contributed by atoms with E-state index in [4.69, 9.17) is 5.11 Å². The van der Waals surface area contributed by atoms with Gasteiger partial charge in [0.1, 0.15) is 0 Å². The lowest BCUT2D eigenvalue weighted by molar-refractivity contribution is -0.276. The molecule has 19 heavy (non-hydrogen) atoms. The number of ether oxygens (including phenoxy) is 1. The molecular weight excluding hydrogens is 399 g/mol. The molecule has 1 aromatic rings. The van der Waals surface area contributed by atoms with Gasteiger partial charge in [0.15, 0.2) is 5.69 Å². The third-order valence-electron chi connectivity index (χ3n) is 1.66. The zero-order valence-corrected chi connectivity index (χ0v) is 10.6. The lowest BCUT2D eigenvalue weighted by Crippen LogP contribution is -2.22. The van der Waals surface area contributed by atoms with E-state index in [9.17, 15) is 31.1 Å². The van der Waals surface area contributed by atoms with Crippen molar-refractivity contribution in [3.05, 3.63) is 20.9 Å². The van der Waals surface area contributed by atoms with Crippen molar-refractivity contribution in [3.8, 4) is 5.88 Å². The van der Waals surface area contributed by atoms with Crippen LogP contribution in [0.2, 0.25) is 0 Å². The lowest BCUT2D eigenvalue weighted by atomic mass is 10.2. The highest BCUT2D eigenvalue weighted by Crippen LogP contribution is 2.35. The Morgan fingerprint density at radius 3 is 2.16 bits per heavy atom. The Labute approximate surface area is 114 Å². The van der Waals surface area contributed by atoms with Gasteiger partial charge >= 0.3 is 18.5 Å². The first kappa shape index (κ1) is 15.8. The summed E-state index contributed by atoms with van der Waals surface area (Å²) < 4.78 is 76.1. The summed E-state index contributed by atoms with van der Waals surface area (Å²) in [6, 6.07) is 0.403. The smallest absolute Gasteiger partial charge is 0.478 e. The number of carboxylic acids is 1. The number of hydrogen-bond acceptors (Lipinski definition) is 3. The molecule has 1 heterocycles. The third-order valence-corrected chi connectivity index (χ3v) is 2.43. The minimum absolute atomic E-state index is 0.403. The number of rotatable bonds is 2. The van der Waals surface area contributed by atoms with Crippen LogP contribution >= 0.6 is 22.6 Å². The van der Waals surface area contributed by atoms with Crippen LogP contribution in [0.15, 0.2) is 6.07 Å². The molecule has 0 aromatic carbocycles. The SMILES string of the molecule is O=C(O)c1cc(I)c(OC(F)(F)F)nc1C(F)(F)F. The van der Waals surface area contributed by atoms with E-state index >= 15 is 0 Å². The Balaban J connectivity index is 3.43. The molecule has 0 radical (unpaired) electrons. The van der Waals surface area contributed by atoms with Gasteiger partial charge in [-0.3, -0.25) is 0 Å². The van der Waals surface area contributed by atoms with E-state index in [2.05, 4.69) is 9.72 Å². The van der Waals surface area contributed by atoms with Crippen LogP contribution in [0.25, 0.3) is 0 Å². The summed E-state index contributed by atoms with van der Waals surface area (Å²) in [6.45, 7) is 0. The van der Waals surface area contributed by atoms with Crippen LogP contribution in [0.3, 0.4) is 0 Å². The highest BCUT2D eigenvalue weighted by Gasteiger charge is 2.40. The maximum absolute atomic E-state index is 12.5. The molecule has 0 saturated carbocycles. The Kier molecular flexibility index (Phi) is 4.17. The molecule has 0 aliphatic carbocycles. The first-order valence-electron chi connectivity index (χ1n) is 4.18. The first-order chi connectivity index (χ1) is 8.42. The van der Waals surface area contributed by atoms with Crippen molar-refractivity contribution in [2.75, 3.05) is 0 Å². The third kappa shape index (κ3) is 4.11. The minimum Gasteiger partial charge on any atom is -0.478 e. The average molecular weight is 401 g/mol. The first-order valence-corrected chi connectivity index (χ1v) is 5.26. The molecule has 4 nitrogen and oxygen atoms in total. The molecule has 11 heteroatoms. The molecule has 0 bridgehead atoms. The fourth-order valence-corrected chi connectivity index (χ4v) is 1.57. The molecule has 0 aliphatic heterocycles. The van der Waals surface area contributed by atoms with Gasteiger partial charge in [-0.2, -0.15) is 13.2 Å². The summed E-state index contributed by atoms with van der Waals surface area (Å²) in [4.78, 5) is 13.2. The number of aromatic nitrogens is 1. The van der Waals surface area contributed by atoms with Gasteiger partial charge in [0, 0.05) is 0 Å². The number of nitrogens with zero attached hydrogens (tertiary/aromatic N) is 1. The van der Waals surface area contributed by atoms with E-state index in [1.807, 2.05) is 0 Å². The van der Waals surface area contributed by atoms with Crippen LogP contribution < -0.4 is 4.74 Å². The monoisotopic (exact) mass is 401 g/mol. The molecule has 106 valence electrons. The van der Waals surface area contributed by atoms with Crippen molar-refractivity contribution >= 4 is 28.6 Å². The topological polar surface area (TPSA) is 59.4 Å². The number of carboxylic acid groups (broad SMARTS) is 1. The largest absolute Gasteiger partial charge is 0.574 e. The molecule has 0 spiro atoms.